The molecule has 2 aromatic rings. The molecule has 0 spiro atoms. The Morgan fingerprint density at radius 3 is 2.50 bits per heavy atom. The van der Waals surface area contributed by atoms with Crippen LogP contribution in [0.1, 0.15) is 36.5 Å². The Morgan fingerprint density at radius 2 is 1.79 bits per heavy atom. The third-order valence-electron chi connectivity index (χ3n) is 4.28. The van der Waals surface area contributed by atoms with Gasteiger partial charge < -0.3 is 15.4 Å². The number of rotatable bonds is 8. The van der Waals surface area contributed by atoms with Crippen molar-refractivity contribution in [3.8, 4) is 0 Å². The van der Waals surface area contributed by atoms with E-state index in [0.717, 1.165) is 28.8 Å². The van der Waals surface area contributed by atoms with Crippen LogP contribution >= 0.6 is 12.2 Å². The Kier molecular flexibility index (Phi) is 8.62. The molecule has 2 aromatic carbocycles. The van der Waals surface area contributed by atoms with Gasteiger partial charge in [-0.3, -0.25) is 9.59 Å². The molecule has 0 aliphatic rings. The number of aryl methyl sites for hydroxylation is 2. The van der Waals surface area contributed by atoms with E-state index in [4.69, 9.17) is 17.0 Å². The van der Waals surface area contributed by atoms with E-state index in [0.29, 0.717) is 13.0 Å². The molecule has 6 heteroatoms. The first-order chi connectivity index (χ1) is 13.5. The predicted octanol–water partition coefficient (Wildman–Crippen LogP) is 3.94. The maximum atomic E-state index is 12.0. The summed E-state index contributed by atoms with van der Waals surface area (Å²) < 4.78 is 5.18. The van der Waals surface area contributed by atoms with Crippen molar-refractivity contribution in [2.24, 2.45) is 0 Å². The van der Waals surface area contributed by atoms with E-state index in [9.17, 15) is 9.59 Å². The molecule has 2 N–H and O–H groups in total. The van der Waals surface area contributed by atoms with Gasteiger partial charge in [0.05, 0.1) is 13.0 Å². The molecule has 1 amide bonds. The Balaban J connectivity index is 1.70. The summed E-state index contributed by atoms with van der Waals surface area (Å²) >= 11 is 5.22. The van der Waals surface area contributed by atoms with Crippen LogP contribution in [0.25, 0.3) is 0 Å². The number of benzene rings is 2. The Hall–Kier alpha value is -2.73. The molecule has 148 valence electrons. The number of anilines is 1. The second kappa shape index (κ2) is 11.2. The van der Waals surface area contributed by atoms with Gasteiger partial charge in [0, 0.05) is 18.5 Å². The lowest BCUT2D eigenvalue weighted by Gasteiger charge is -2.15. The van der Waals surface area contributed by atoms with Gasteiger partial charge in [-0.2, -0.15) is 0 Å². The van der Waals surface area contributed by atoms with Crippen LogP contribution in [0.2, 0.25) is 0 Å². The molecule has 0 bridgehead atoms. The van der Waals surface area contributed by atoms with Crippen molar-refractivity contribution in [2.45, 2.75) is 39.5 Å². The van der Waals surface area contributed by atoms with Crippen molar-refractivity contribution in [2.75, 3.05) is 11.9 Å². The topological polar surface area (TPSA) is 67.4 Å². The van der Waals surface area contributed by atoms with E-state index < -0.39 is 5.97 Å². The molecule has 0 saturated carbocycles. The highest BCUT2D eigenvalue weighted by molar-refractivity contribution is 7.80. The number of hydrogen-bond donors (Lipinski definition) is 2. The second-order valence-corrected chi connectivity index (χ2v) is 6.83. The van der Waals surface area contributed by atoms with Gasteiger partial charge in [-0.05, 0) is 42.3 Å². The number of ether oxygens (including phenoxy) is 1. The third kappa shape index (κ3) is 7.12. The predicted molar refractivity (Wildman–Crippen MR) is 115 cm³/mol. The molecule has 0 heterocycles. The molecule has 0 atom stereocenters. The number of carbonyl (C=O) groups is 2. The Bertz CT molecular complexity index is 822. The largest absolute Gasteiger partial charge is 0.465 e. The van der Waals surface area contributed by atoms with E-state index in [1.807, 2.05) is 55.5 Å². The van der Waals surface area contributed by atoms with Crippen molar-refractivity contribution < 1.29 is 14.3 Å². The van der Waals surface area contributed by atoms with Gasteiger partial charge in [-0.15, -0.1) is 0 Å². The second-order valence-electron chi connectivity index (χ2n) is 6.42. The normalized spacial score (nSPS) is 10.2. The summed E-state index contributed by atoms with van der Waals surface area (Å²) in [5.74, 6) is -0.707. The fourth-order valence-electron chi connectivity index (χ4n) is 2.75. The minimum absolute atomic E-state index is 0.0216. The first kappa shape index (κ1) is 21.6. The highest BCUT2D eigenvalue weighted by Crippen LogP contribution is 2.20. The lowest BCUT2D eigenvalue weighted by atomic mass is 10.1. The summed E-state index contributed by atoms with van der Waals surface area (Å²) in [6, 6.07) is 15.8. The van der Waals surface area contributed by atoms with Crippen LogP contribution in [0, 0.1) is 6.92 Å². The number of esters is 1. The highest BCUT2D eigenvalue weighted by Gasteiger charge is 2.11. The Morgan fingerprint density at radius 1 is 1.04 bits per heavy atom. The molecule has 2 rings (SSSR count). The van der Waals surface area contributed by atoms with Crippen molar-refractivity contribution in [3.63, 3.8) is 0 Å². The molecular formula is C22H26N2O3S. The van der Waals surface area contributed by atoms with Gasteiger partial charge in [-0.1, -0.05) is 55.5 Å². The smallest absolute Gasteiger partial charge is 0.306 e. The minimum Gasteiger partial charge on any atom is -0.465 e. The average Bonchev–Trinajstić information content (AvgIpc) is 2.68. The fourth-order valence-corrected chi connectivity index (χ4v) is 2.97. The molecular weight excluding hydrogens is 372 g/mol. The van der Waals surface area contributed by atoms with Crippen LogP contribution in [0.3, 0.4) is 0 Å². The summed E-state index contributed by atoms with van der Waals surface area (Å²) in [6.45, 7) is 4.35. The van der Waals surface area contributed by atoms with Crippen LogP contribution in [-0.4, -0.2) is 23.6 Å². The van der Waals surface area contributed by atoms with E-state index in [1.165, 1.54) is 0 Å². The zero-order valence-electron chi connectivity index (χ0n) is 16.3. The van der Waals surface area contributed by atoms with Crippen LogP contribution in [0.4, 0.5) is 5.69 Å². The van der Waals surface area contributed by atoms with Crippen molar-refractivity contribution >= 4 is 34.9 Å². The van der Waals surface area contributed by atoms with Gasteiger partial charge in [0.2, 0.25) is 5.91 Å². The number of nitrogens with one attached hydrogen (secondary N) is 2. The van der Waals surface area contributed by atoms with E-state index in [2.05, 4.69) is 17.6 Å². The Labute approximate surface area is 171 Å². The number of thiocarbonyl (C=S) groups is 1. The molecule has 0 aliphatic heterocycles. The lowest BCUT2D eigenvalue weighted by molar-refractivity contribution is -0.144. The number of hydrogen-bond acceptors (Lipinski definition) is 4. The van der Waals surface area contributed by atoms with Crippen LogP contribution in [0.15, 0.2) is 48.5 Å². The molecule has 0 aromatic heterocycles. The van der Waals surface area contributed by atoms with Gasteiger partial charge in [0.25, 0.3) is 0 Å². The maximum Gasteiger partial charge on any atom is 0.306 e. The molecule has 5 nitrogen and oxygen atoms in total. The van der Waals surface area contributed by atoms with Gasteiger partial charge >= 0.3 is 5.97 Å². The molecule has 28 heavy (non-hydrogen) atoms. The summed E-state index contributed by atoms with van der Waals surface area (Å²) in [6.07, 6.45) is 1.56. The average molecular weight is 399 g/mol. The number of carbonyl (C=O) groups excluding carboxylic acids is 2. The third-order valence-corrected chi connectivity index (χ3v) is 4.49. The summed E-state index contributed by atoms with van der Waals surface area (Å²) in [5.41, 5.74) is 4.19. The highest BCUT2D eigenvalue weighted by atomic mass is 32.1. The monoisotopic (exact) mass is 398 g/mol. The van der Waals surface area contributed by atoms with Crippen molar-refractivity contribution in [1.82, 2.24) is 5.32 Å². The quantitative estimate of drug-likeness (QED) is 0.521. The van der Waals surface area contributed by atoms with Gasteiger partial charge in [0.1, 0.15) is 0 Å². The molecule has 0 unspecified atom stereocenters. The standard InChI is InChI=1S/C22H26N2O3S/c1-3-18-11-7-8-16(2)21(18)24-22(28)23-19(25)12-13-20(26)27-15-14-17-9-5-4-6-10-17/h4-11H,3,12-15H2,1-2H3,(H2,23,24,25,28). The fraction of sp³-hybridized carbons (Fsp3) is 0.318. The van der Waals surface area contributed by atoms with E-state index in [1.54, 1.807) is 0 Å². The molecule has 0 aliphatic carbocycles. The molecule has 0 fully saturated rings. The van der Waals surface area contributed by atoms with Crippen LogP contribution < -0.4 is 10.6 Å². The zero-order valence-corrected chi connectivity index (χ0v) is 17.1. The summed E-state index contributed by atoms with van der Waals surface area (Å²) in [5, 5.41) is 5.93. The van der Waals surface area contributed by atoms with E-state index >= 15 is 0 Å². The van der Waals surface area contributed by atoms with Crippen LogP contribution in [-0.2, 0) is 27.2 Å². The first-order valence-corrected chi connectivity index (χ1v) is 9.79. The van der Waals surface area contributed by atoms with Gasteiger partial charge in [0.15, 0.2) is 5.11 Å². The molecule has 0 saturated heterocycles. The zero-order chi connectivity index (χ0) is 20.4. The SMILES string of the molecule is CCc1cccc(C)c1NC(=S)NC(=O)CCC(=O)OCCc1ccccc1. The van der Waals surface area contributed by atoms with Crippen molar-refractivity contribution in [1.29, 1.82) is 0 Å². The van der Waals surface area contributed by atoms with Gasteiger partial charge in [-0.25, -0.2) is 0 Å². The minimum atomic E-state index is -0.392. The number of amides is 1. The number of para-hydroxylation sites is 1. The lowest BCUT2D eigenvalue weighted by Crippen LogP contribution is -2.34. The van der Waals surface area contributed by atoms with Crippen LogP contribution in [0.5, 0.6) is 0 Å². The summed E-state index contributed by atoms with van der Waals surface area (Å²) in [7, 11) is 0. The first-order valence-electron chi connectivity index (χ1n) is 9.38. The van der Waals surface area contributed by atoms with E-state index in [-0.39, 0.29) is 23.9 Å². The maximum absolute atomic E-state index is 12.0. The van der Waals surface area contributed by atoms with Crippen molar-refractivity contribution in [3.05, 3.63) is 65.2 Å². The molecule has 0 radical (unpaired) electrons. The summed E-state index contributed by atoms with van der Waals surface area (Å²) in [4.78, 5) is 23.8.